The van der Waals surface area contributed by atoms with Gasteiger partial charge in [0, 0.05) is 5.56 Å². The van der Waals surface area contributed by atoms with E-state index in [2.05, 4.69) is 13.0 Å². The van der Waals surface area contributed by atoms with Gasteiger partial charge in [0.1, 0.15) is 11.6 Å². The number of aryl methyl sites for hydroxylation is 1. The molecule has 0 saturated carbocycles. The molecule has 0 atom stereocenters. The third-order valence-electron chi connectivity index (χ3n) is 4.46. The van der Waals surface area contributed by atoms with Gasteiger partial charge in [0.2, 0.25) is 0 Å². The van der Waals surface area contributed by atoms with Crippen LogP contribution in [0.4, 0.5) is 8.78 Å². The SMILES string of the molecule is CCCCCc1ccc(-c2cc(F)ccc2F)c(-c2ccccc2)c1. The van der Waals surface area contributed by atoms with Gasteiger partial charge in [-0.15, -0.1) is 0 Å². The van der Waals surface area contributed by atoms with Gasteiger partial charge in [0.25, 0.3) is 0 Å². The van der Waals surface area contributed by atoms with Crippen molar-refractivity contribution in [2.24, 2.45) is 0 Å². The third-order valence-corrected chi connectivity index (χ3v) is 4.46. The van der Waals surface area contributed by atoms with E-state index in [1.165, 1.54) is 30.5 Å². The fourth-order valence-corrected chi connectivity index (χ4v) is 3.12. The Labute approximate surface area is 148 Å². The molecule has 3 aromatic rings. The van der Waals surface area contributed by atoms with Crippen molar-refractivity contribution in [3.8, 4) is 22.3 Å². The molecule has 0 amide bonds. The molecule has 0 aromatic heterocycles. The van der Waals surface area contributed by atoms with Crippen LogP contribution in [0.1, 0.15) is 31.7 Å². The average Bonchev–Trinajstić information content (AvgIpc) is 2.65. The van der Waals surface area contributed by atoms with Gasteiger partial charge >= 0.3 is 0 Å². The summed E-state index contributed by atoms with van der Waals surface area (Å²) in [6.45, 7) is 2.19. The maximum absolute atomic E-state index is 14.3. The van der Waals surface area contributed by atoms with E-state index in [0.717, 1.165) is 35.6 Å². The average molecular weight is 336 g/mol. The molecule has 0 aliphatic heterocycles. The topological polar surface area (TPSA) is 0 Å². The van der Waals surface area contributed by atoms with Crippen LogP contribution in [0, 0.1) is 11.6 Å². The quantitative estimate of drug-likeness (QED) is 0.424. The monoisotopic (exact) mass is 336 g/mol. The van der Waals surface area contributed by atoms with Gasteiger partial charge < -0.3 is 0 Å². The standard InChI is InChI=1S/C23H22F2/c1-2-3-5-8-17-11-13-20(22-16-19(24)12-14-23(22)25)21(15-17)18-9-6-4-7-10-18/h4,6-7,9-16H,2-3,5,8H2,1H3. The zero-order valence-electron chi connectivity index (χ0n) is 14.4. The maximum Gasteiger partial charge on any atom is 0.131 e. The summed E-state index contributed by atoms with van der Waals surface area (Å²) in [7, 11) is 0. The van der Waals surface area contributed by atoms with E-state index in [1.54, 1.807) is 0 Å². The Hall–Kier alpha value is -2.48. The fourth-order valence-electron chi connectivity index (χ4n) is 3.12. The minimum Gasteiger partial charge on any atom is -0.207 e. The largest absolute Gasteiger partial charge is 0.207 e. The van der Waals surface area contributed by atoms with Crippen LogP contribution in [-0.4, -0.2) is 0 Å². The number of rotatable bonds is 6. The van der Waals surface area contributed by atoms with Gasteiger partial charge in [-0.1, -0.05) is 68.3 Å². The van der Waals surface area contributed by atoms with Crippen LogP contribution in [0.15, 0.2) is 66.7 Å². The van der Waals surface area contributed by atoms with Crippen molar-refractivity contribution in [3.63, 3.8) is 0 Å². The maximum atomic E-state index is 14.3. The Kier molecular flexibility index (Phi) is 5.60. The van der Waals surface area contributed by atoms with Crippen LogP contribution in [0.25, 0.3) is 22.3 Å². The van der Waals surface area contributed by atoms with Crippen molar-refractivity contribution in [1.82, 2.24) is 0 Å². The molecule has 0 nitrogen and oxygen atoms in total. The summed E-state index contributed by atoms with van der Waals surface area (Å²) in [5, 5.41) is 0. The molecule has 3 aromatic carbocycles. The summed E-state index contributed by atoms with van der Waals surface area (Å²) >= 11 is 0. The lowest BCUT2D eigenvalue weighted by Gasteiger charge is -2.14. The molecule has 0 unspecified atom stereocenters. The summed E-state index contributed by atoms with van der Waals surface area (Å²) in [5.74, 6) is -0.834. The van der Waals surface area contributed by atoms with E-state index >= 15 is 0 Å². The van der Waals surface area contributed by atoms with Gasteiger partial charge in [-0.25, -0.2) is 8.78 Å². The molecule has 0 N–H and O–H groups in total. The molecule has 0 fully saturated rings. The highest BCUT2D eigenvalue weighted by atomic mass is 19.1. The second-order valence-electron chi connectivity index (χ2n) is 6.33. The zero-order chi connectivity index (χ0) is 17.6. The van der Waals surface area contributed by atoms with Crippen molar-refractivity contribution < 1.29 is 8.78 Å². The van der Waals surface area contributed by atoms with Crippen molar-refractivity contribution in [2.75, 3.05) is 0 Å². The molecule has 0 saturated heterocycles. The molecule has 25 heavy (non-hydrogen) atoms. The summed E-state index contributed by atoms with van der Waals surface area (Å²) in [6, 6.07) is 19.6. The Bertz CT molecular complexity index is 838. The van der Waals surface area contributed by atoms with Crippen LogP contribution in [-0.2, 0) is 6.42 Å². The van der Waals surface area contributed by atoms with Gasteiger partial charge in [0.15, 0.2) is 0 Å². The Morgan fingerprint density at radius 1 is 0.720 bits per heavy atom. The zero-order valence-corrected chi connectivity index (χ0v) is 14.4. The van der Waals surface area contributed by atoms with Gasteiger partial charge in [-0.2, -0.15) is 0 Å². The third kappa shape index (κ3) is 4.14. The molecule has 0 aliphatic rings. The van der Waals surface area contributed by atoms with Crippen LogP contribution in [0.5, 0.6) is 0 Å². The Balaban J connectivity index is 2.09. The molecule has 0 bridgehead atoms. The summed E-state index contributed by atoms with van der Waals surface area (Å²) < 4.78 is 28.0. The molecule has 2 heteroatoms. The number of hydrogen-bond acceptors (Lipinski definition) is 0. The van der Waals surface area contributed by atoms with Crippen molar-refractivity contribution in [1.29, 1.82) is 0 Å². The highest BCUT2D eigenvalue weighted by Crippen LogP contribution is 2.35. The smallest absolute Gasteiger partial charge is 0.131 e. The van der Waals surface area contributed by atoms with Crippen molar-refractivity contribution >= 4 is 0 Å². The predicted octanol–water partition coefficient (Wildman–Crippen LogP) is 7.03. The van der Waals surface area contributed by atoms with Crippen LogP contribution >= 0.6 is 0 Å². The molecule has 0 radical (unpaired) electrons. The highest BCUT2D eigenvalue weighted by Gasteiger charge is 2.13. The second-order valence-corrected chi connectivity index (χ2v) is 6.33. The first kappa shape index (κ1) is 17.3. The minimum absolute atomic E-state index is 0.305. The lowest BCUT2D eigenvalue weighted by atomic mass is 9.91. The first-order chi connectivity index (χ1) is 12.2. The first-order valence-corrected chi connectivity index (χ1v) is 8.83. The number of unbranched alkanes of at least 4 members (excludes halogenated alkanes) is 2. The van der Waals surface area contributed by atoms with Crippen LogP contribution in [0.2, 0.25) is 0 Å². The van der Waals surface area contributed by atoms with Gasteiger partial charge in [0.05, 0.1) is 0 Å². The van der Waals surface area contributed by atoms with E-state index in [4.69, 9.17) is 0 Å². The normalized spacial score (nSPS) is 10.8. The van der Waals surface area contributed by atoms with Crippen LogP contribution in [0.3, 0.4) is 0 Å². The lowest BCUT2D eigenvalue weighted by molar-refractivity contribution is 0.603. The van der Waals surface area contributed by atoms with E-state index in [9.17, 15) is 8.78 Å². The highest BCUT2D eigenvalue weighted by molar-refractivity contribution is 5.84. The van der Waals surface area contributed by atoms with Gasteiger partial charge in [-0.3, -0.25) is 0 Å². The summed E-state index contributed by atoms with van der Waals surface area (Å²) in [5.41, 5.74) is 4.21. The Morgan fingerprint density at radius 3 is 2.28 bits per heavy atom. The summed E-state index contributed by atoms with van der Waals surface area (Å²) in [4.78, 5) is 0. The lowest BCUT2D eigenvalue weighted by Crippen LogP contribution is -1.93. The minimum atomic E-state index is -0.428. The Morgan fingerprint density at radius 2 is 1.52 bits per heavy atom. The van der Waals surface area contributed by atoms with E-state index in [1.807, 2.05) is 42.5 Å². The number of benzene rings is 3. The van der Waals surface area contributed by atoms with Gasteiger partial charge in [-0.05, 0) is 53.3 Å². The molecular weight excluding hydrogens is 314 g/mol. The summed E-state index contributed by atoms with van der Waals surface area (Å²) in [6.07, 6.45) is 4.51. The van der Waals surface area contributed by atoms with E-state index in [-0.39, 0.29) is 0 Å². The van der Waals surface area contributed by atoms with Crippen molar-refractivity contribution in [3.05, 3.63) is 83.9 Å². The van der Waals surface area contributed by atoms with Crippen molar-refractivity contribution in [2.45, 2.75) is 32.6 Å². The molecular formula is C23H22F2. The fraction of sp³-hybridized carbons (Fsp3) is 0.217. The number of hydrogen-bond donors (Lipinski definition) is 0. The molecule has 0 spiro atoms. The molecule has 3 rings (SSSR count). The first-order valence-electron chi connectivity index (χ1n) is 8.83. The van der Waals surface area contributed by atoms with E-state index in [0.29, 0.717) is 5.56 Å². The molecule has 0 aliphatic carbocycles. The van der Waals surface area contributed by atoms with Crippen LogP contribution < -0.4 is 0 Å². The van der Waals surface area contributed by atoms with E-state index < -0.39 is 11.6 Å². The second kappa shape index (κ2) is 8.06. The molecule has 0 heterocycles. The molecule has 128 valence electrons. The number of halogens is 2. The predicted molar refractivity (Wildman–Crippen MR) is 100 cm³/mol.